The third-order valence-electron chi connectivity index (χ3n) is 13.6. The first-order chi connectivity index (χ1) is 35.2. The molecule has 11 heteroatoms. The molecule has 72 heavy (non-hydrogen) atoms. The van der Waals surface area contributed by atoms with Gasteiger partial charge in [0.05, 0.1) is 32.0 Å². The molecule has 11 nitrogen and oxygen atoms in total. The van der Waals surface area contributed by atoms with Crippen LogP contribution in [0.1, 0.15) is 251 Å². The maximum atomic E-state index is 13.0. The van der Waals surface area contributed by atoms with Crippen LogP contribution in [0.2, 0.25) is 0 Å². The molecule has 1 rings (SSSR count). The molecule has 6 N–H and O–H groups in total. The van der Waals surface area contributed by atoms with Crippen molar-refractivity contribution in [2.45, 2.75) is 294 Å². The van der Waals surface area contributed by atoms with E-state index in [0.717, 1.165) is 89.9 Å². The number of ether oxygens (including phenoxy) is 3. The van der Waals surface area contributed by atoms with Crippen molar-refractivity contribution in [3.8, 4) is 0 Å². The second kappa shape index (κ2) is 50.5. The van der Waals surface area contributed by atoms with E-state index >= 15 is 0 Å². The quantitative estimate of drug-likeness (QED) is 0.0195. The minimum absolute atomic E-state index is 0.0206. The van der Waals surface area contributed by atoms with Crippen molar-refractivity contribution < 1.29 is 49.3 Å². The number of aliphatic hydroxyl groups is 5. The van der Waals surface area contributed by atoms with E-state index in [2.05, 4.69) is 67.8 Å². The van der Waals surface area contributed by atoms with Gasteiger partial charge in [-0.25, -0.2) is 0 Å². The number of hydrogen-bond acceptors (Lipinski definition) is 10. The van der Waals surface area contributed by atoms with Crippen molar-refractivity contribution in [2.75, 3.05) is 19.8 Å². The van der Waals surface area contributed by atoms with E-state index in [0.29, 0.717) is 19.4 Å². The summed E-state index contributed by atoms with van der Waals surface area (Å²) in [5.41, 5.74) is 0. The summed E-state index contributed by atoms with van der Waals surface area (Å²) in [5, 5.41) is 54.3. The van der Waals surface area contributed by atoms with E-state index in [9.17, 15) is 35.1 Å². The fourth-order valence-corrected chi connectivity index (χ4v) is 8.79. The van der Waals surface area contributed by atoms with Gasteiger partial charge < -0.3 is 45.1 Å². The Morgan fingerprint density at radius 2 is 0.917 bits per heavy atom. The maximum absolute atomic E-state index is 13.0. The summed E-state index contributed by atoms with van der Waals surface area (Å²) in [6, 6.07) is -0.842. The van der Waals surface area contributed by atoms with Crippen LogP contribution in [0.5, 0.6) is 0 Å². The topological polar surface area (TPSA) is 175 Å². The van der Waals surface area contributed by atoms with Gasteiger partial charge in [0, 0.05) is 12.8 Å². The molecule has 1 saturated heterocycles. The zero-order chi connectivity index (χ0) is 52.4. The Morgan fingerprint density at radius 1 is 0.500 bits per heavy atom. The van der Waals surface area contributed by atoms with Gasteiger partial charge >= 0.3 is 5.97 Å². The molecule has 1 fully saturated rings. The number of hydrogen-bond donors (Lipinski definition) is 6. The highest BCUT2D eigenvalue weighted by Crippen LogP contribution is 2.23. The Bertz CT molecular complexity index is 1380. The van der Waals surface area contributed by atoms with Crippen LogP contribution in [0, 0.1) is 0 Å². The molecule has 7 atom stereocenters. The van der Waals surface area contributed by atoms with Gasteiger partial charge in [0.15, 0.2) is 6.29 Å². The van der Waals surface area contributed by atoms with Crippen molar-refractivity contribution in [3.05, 3.63) is 60.8 Å². The molecule has 418 valence electrons. The molecular weight excluding hydrogens is 907 g/mol. The van der Waals surface area contributed by atoms with E-state index in [1.54, 1.807) is 6.08 Å². The van der Waals surface area contributed by atoms with Crippen LogP contribution in [-0.4, -0.2) is 100 Å². The number of amides is 1. The predicted molar refractivity (Wildman–Crippen MR) is 296 cm³/mol. The van der Waals surface area contributed by atoms with E-state index in [-0.39, 0.29) is 18.5 Å². The molecule has 0 aromatic rings. The van der Waals surface area contributed by atoms with Crippen LogP contribution < -0.4 is 5.32 Å². The average Bonchev–Trinajstić information content (AvgIpc) is 3.38. The molecule has 1 amide bonds. The molecule has 1 heterocycles. The number of carbonyl (C=O) groups excluding carboxylic acids is 2. The lowest BCUT2D eigenvalue weighted by molar-refractivity contribution is -0.302. The highest BCUT2D eigenvalue weighted by Gasteiger charge is 2.44. The SMILES string of the molecule is CCCC/C=C\CCCCCCCC(=O)OCCCCCCCCCCC/C=C\CCCCCCCCCC(=O)NC(COC1OC(CO)C(O)C(O)C1O)C(O)/C=C/CC/C=C/CC/C=C/CCCCC. The Morgan fingerprint density at radius 3 is 1.42 bits per heavy atom. The molecule has 1 aliphatic heterocycles. The largest absolute Gasteiger partial charge is 0.466 e. The molecule has 0 radical (unpaired) electrons. The Labute approximate surface area is 439 Å². The van der Waals surface area contributed by atoms with Gasteiger partial charge in [-0.05, 0) is 103 Å². The number of unbranched alkanes of at least 4 members (excludes halogenated alkanes) is 28. The normalized spacial score (nSPS) is 19.5. The van der Waals surface area contributed by atoms with Gasteiger partial charge in [-0.2, -0.15) is 0 Å². The fraction of sp³-hybridized carbons (Fsp3) is 0.803. The molecule has 0 aliphatic carbocycles. The number of allylic oxidation sites excluding steroid dienone is 9. The van der Waals surface area contributed by atoms with Crippen LogP contribution in [0.25, 0.3) is 0 Å². The zero-order valence-electron chi connectivity index (χ0n) is 45.9. The van der Waals surface area contributed by atoms with Gasteiger partial charge in [0.2, 0.25) is 5.91 Å². The number of nitrogens with one attached hydrogen (secondary N) is 1. The van der Waals surface area contributed by atoms with E-state index in [1.807, 2.05) is 6.08 Å². The van der Waals surface area contributed by atoms with Crippen LogP contribution in [0.15, 0.2) is 60.8 Å². The van der Waals surface area contributed by atoms with Crippen LogP contribution in [-0.2, 0) is 23.8 Å². The highest BCUT2D eigenvalue weighted by molar-refractivity contribution is 5.76. The summed E-state index contributed by atoms with van der Waals surface area (Å²) in [6.07, 6.45) is 54.5. The monoisotopic (exact) mass is 1020 g/mol. The lowest BCUT2D eigenvalue weighted by atomic mass is 9.99. The third kappa shape index (κ3) is 39.8. The van der Waals surface area contributed by atoms with Crippen LogP contribution in [0.4, 0.5) is 0 Å². The predicted octanol–water partition coefficient (Wildman–Crippen LogP) is 13.4. The summed E-state index contributed by atoms with van der Waals surface area (Å²) in [5.74, 6) is -0.228. The lowest BCUT2D eigenvalue weighted by Gasteiger charge is -2.40. The minimum Gasteiger partial charge on any atom is -0.466 e. The van der Waals surface area contributed by atoms with Gasteiger partial charge in [-0.15, -0.1) is 0 Å². The van der Waals surface area contributed by atoms with Crippen molar-refractivity contribution in [1.82, 2.24) is 5.32 Å². The first-order valence-corrected chi connectivity index (χ1v) is 29.6. The summed E-state index contributed by atoms with van der Waals surface area (Å²) < 4.78 is 16.7. The smallest absolute Gasteiger partial charge is 0.305 e. The number of esters is 1. The number of carbonyl (C=O) groups is 2. The molecule has 0 aromatic heterocycles. The number of rotatable bonds is 50. The standard InChI is InChI=1S/C61H109NO10/c1-3-5-7-9-11-13-15-24-28-31-35-39-43-47-54(64)53(52-71-61-60(69)59(68)58(67)55(51-63)72-61)62-56(65)48-44-40-36-32-29-25-22-20-18-16-17-19-21-23-26-30-34-38-42-46-50-70-57(66)49-45-41-37-33-27-14-12-10-8-6-4-2/h10-13,16,18,28,31,43,47,53-55,58-61,63-64,67-69H,3-9,14-15,17,19-27,29-30,32-42,44-46,48-52H2,1-2H3,(H,62,65)/b12-10-,13-11+,18-16-,31-28+,47-43+. The van der Waals surface area contributed by atoms with E-state index in [4.69, 9.17) is 14.2 Å². The van der Waals surface area contributed by atoms with Crippen LogP contribution in [0.3, 0.4) is 0 Å². The zero-order valence-corrected chi connectivity index (χ0v) is 45.9. The Balaban J connectivity index is 2.12. The number of aliphatic hydroxyl groups excluding tert-OH is 5. The second-order valence-electron chi connectivity index (χ2n) is 20.3. The Hall–Kier alpha value is -2.64. The van der Waals surface area contributed by atoms with Gasteiger partial charge in [0.1, 0.15) is 24.4 Å². The molecule has 0 saturated carbocycles. The molecule has 0 bridgehead atoms. The Kier molecular flexibility index (Phi) is 47.3. The van der Waals surface area contributed by atoms with E-state index in [1.165, 1.54) is 135 Å². The first kappa shape index (κ1) is 67.4. The summed E-state index contributed by atoms with van der Waals surface area (Å²) in [6.45, 7) is 4.23. The van der Waals surface area contributed by atoms with Crippen molar-refractivity contribution in [2.24, 2.45) is 0 Å². The van der Waals surface area contributed by atoms with Crippen LogP contribution >= 0.6 is 0 Å². The molecule has 0 aromatic carbocycles. The van der Waals surface area contributed by atoms with Crippen molar-refractivity contribution >= 4 is 11.9 Å². The fourth-order valence-electron chi connectivity index (χ4n) is 8.79. The average molecular weight is 1020 g/mol. The minimum atomic E-state index is -1.58. The highest BCUT2D eigenvalue weighted by atomic mass is 16.7. The van der Waals surface area contributed by atoms with Gasteiger partial charge in [0.25, 0.3) is 0 Å². The van der Waals surface area contributed by atoms with Gasteiger partial charge in [-0.3, -0.25) is 9.59 Å². The molecule has 7 unspecified atom stereocenters. The summed E-state index contributed by atoms with van der Waals surface area (Å²) in [4.78, 5) is 25.0. The third-order valence-corrected chi connectivity index (χ3v) is 13.6. The molecular formula is C61H109NO10. The van der Waals surface area contributed by atoms with E-state index < -0.39 is 49.5 Å². The summed E-state index contributed by atoms with van der Waals surface area (Å²) in [7, 11) is 0. The van der Waals surface area contributed by atoms with Crippen molar-refractivity contribution in [1.29, 1.82) is 0 Å². The lowest BCUT2D eigenvalue weighted by Crippen LogP contribution is -2.60. The summed E-state index contributed by atoms with van der Waals surface area (Å²) >= 11 is 0. The maximum Gasteiger partial charge on any atom is 0.305 e. The van der Waals surface area contributed by atoms with Gasteiger partial charge in [-0.1, -0.05) is 197 Å². The first-order valence-electron chi connectivity index (χ1n) is 29.6. The molecule has 1 aliphatic rings. The second-order valence-corrected chi connectivity index (χ2v) is 20.3. The van der Waals surface area contributed by atoms with Crippen molar-refractivity contribution in [3.63, 3.8) is 0 Å². The molecule has 0 spiro atoms.